The van der Waals surface area contributed by atoms with E-state index in [0.717, 1.165) is 0 Å². The molecule has 0 aromatic heterocycles. The first kappa shape index (κ1) is 10.1. The zero-order valence-electron chi connectivity index (χ0n) is 7.71. The first-order valence-electron chi connectivity index (χ1n) is 4.06. The zero-order chi connectivity index (χ0) is 10.4. The van der Waals surface area contributed by atoms with Gasteiger partial charge in [0.2, 0.25) is 0 Å². The van der Waals surface area contributed by atoms with Crippen LogP contribution in [-0.2, 0) is 4.79 Å². The van der Waals surface area contributed by atoms with Gasteiger partial charge in [0.1, 0.15) is 5.75 Å². The predicted octanol–water partition coefficient (Wildman–Crippen LogP) is 2.27. The minimum Gasteiger partial charge on any atom is -0.508 e. The Morgan fingerprint density at radius 3 is 2.00 bits per heavy atom. The summed E-state index contributed by atoms with van der Waals surface area (Å²) in [4.78, 5) is 10.1. The number of phenolic OH excluding ortho intramolecular Hbond substituents is 1. The summed E-state index contributed by atoms with van der Waals surface area (Å²) in [6.07, 6.45) is 1.39. The number of carbonyl (C=O) groups excluding carboxylic acids is 1. The molecule has 0 spiro atoms. The van der Waals surface area contributed by atoms with Crippen molar-refractivity contribution in [3.05, 3.63) is 42.1 Å². The second-order valence-corrected chi connectivity index (χ2v) is 2.66. The van der Waals surface area contributed by atoms with E-state index in [2.05, 4.69) is 10.2 Å². The summed E-state index contributed by atoms with van der Waals surface area (Å²) >= 11 is 0. The van der Waals surface area contributed by atoms with Gasteiger partial charge in [-0.05, 0) is 19.1 Å². The Hall–Kier alpha value is -1.97. The van der Waals surface area contributed by atoms with E-state index in [-0.39, 0.29) is 5.91 Å². The van der Waals surface area contributed by atoms with E-state index in [1.807, 2.05) is 6.07 Å². The van der Waals surface area contributed by atoms with Gasteiger partial charge in [-0.1, -0.05) is 18.2 Å². The first-order chi connectivity index (χ1) is 6.68. The number of phenols is 1. The van der Waals surface area contributed by atoms with E-state index in [4.69, 9.17) is 5.11 Å². The molecule has 1 aromatic carbocycles. The van der Waals surface area contributed by atoms with Crippen LogP contribution in [0.3, 0.4) is 0 Å². The number of nitrogens with zero attached hydrogens (tertiary/aromatic N) is 2. The number of hydrogen-bond donors (Lipinski definition) is 1. The van der Waals surface area contributed by atoms with Crippen LogP contribution in [0.5, 0.6) is 5.75 Å². The lowest BCUT2D eigenvalue weighted by Crippen LogP contribution is -1.75. The van der Waals surface area contributed by atoms with E-state index < -0.39 is 0 Å². The van der Waals surface area contributed by atoms with Crippen LogP contribution in [0.15, 0.2) is 52.3 Å². The lowest BCUT2D eigenvalue weighted by Gasteiger charge is -1.82. The fourth-order valence-electron chi connectivity index (χ4n) is 0.793. The van der Waals surface area contributed by atoms with Gasteiger partial charge in [-0.25, -0.2) is 0 Å². The molecule has 0 saturated heterocycles. The Morgan fingerprint density at radius 1 is 1.14 bits per heavy atom. The molecule has 0 saturated carbocycles. The maximum Gasteiger partial charge on any atom is 0.290 e. The van der Waals surface area contributed by atoms with Crippen LogP contribution in [0.1, 0.15) is 6.92 Å². The maximum atomic E-state index is 10.1. The summed E-state index contributed by atoms with van der Waals surface area (Å²) in [6.45, 7) is 1.73. The van der Waals surface area contributed by atoms with Crippen LogP contribution in [0.25, 0.3) is 0 Å². The van der Waals surface area contributed by atoms with Gasteiger partial charge >= 0.3 is 0 Å². The number of rotatable bonds is 0. The number of amides is 1. The van der Waals surface area contributed by atoms with Gasteiger partial charge in [-0.15, -0.1) is 5.11 Å². The van der Waals surface area contributed by atoms with Crippen LogP contribution in [0.2, 0.25) is 0 Å². The third kappa shape index (κ3) is 3.62. The topological polar surface area (TPSA) is 62.0 Å². The van der Waals surface area contributed by atoms with Gasteiger partial charge in [0, 0.05) is 6.08 Å². The second-order valence-electron chi connectivity index (χ2n) is 2.66. The quantitative estimate of drug-likeness (QED) is 0.682. The minimum atomic E-state index is -0.252. The number of carbonyl (C=O) groups is 1. The van der Waals surface area contributed by atoms with Crippen molar-refractivity contribution >= 4 is 5.91 Å². The van der Waals surface area contributed by atoms with Crippen LogP contribution in [0, 0.1) is 0 Å². The lowest BCUT2D eigenvalue weighted by atomic mass is 10.3. The monoisotopic (exact) mass is 190 g/mol. The molecule has 0 unspecified atom stereocenters. The van der Waals surface area contributed by atoms with Gasteiger partial charge in [-0.3, -0.25) is 4.79 Å². The largest absolute Gasteiger partial charge is 0.508 e. The van der Waals surface area contributed by atoms with Gasteiger partial charge in [-0.2, -0.15) is 5.11 Å². The van der Waals surface area contributed by atoms with E-state index in [1.54, 1.807) is 31.2 Å². The molecule has 1 aromatic rings. The number of aromatic hydroxyl groups is 1. The van der Waals surface area contributed by atoms with Crippen molar-refractivity contribution in [2.24, 2.45) is 10.2 Å². The van der Waals surface area contributed by atoms with Crippen LogP contribution in [0.4, 0.5) is 0 Å². The third-order valence-electron chi connectivity index (χ3n) is 1.39. The van der Waals surface area contributed by atoms with Crippen LogP contribution >= 0.6 is 0 Å². The molecule has 0 radical (unpaired) electrons. The molecular weight excluding hydrogens is 180 g/mol. The highest BCUT2D eigenvalue weighted by atomic mass is 16.3. The third-order valence-corrected chi connectivity index (χ3v) is 1.39. The van der Waals surface area contributed by atoms with Crippen molar-refractivity contribution in [3.63, 3.8) is 0 Å². The molecule has 4 heteroatoms. The molecule has 0 aliphatic carbocycles. The van der Waals surface area contributed by atoms with Crippen molar-refractivity contribution in [2.75, 3.05) is 0 Å². The fourth-order valence-corrected chi connectivity index (χ4v) is 0.793. The molecule has 0 bridgehead atoms. The van der Waals surface area contributed by atoms with E-state index in [0.29, 0.717) is 11.4 Å². The van der Waals surface area contributed by atoms with Crippen molar-refractivity contribution in [2.45, 2.75) is 6.92 Å². The molecule has 2 rings (SSSR count). The summed E-state index contributed by atoms with van der Waals surface area (Å²) in [5.41, 5.74) is 0.685. The Morgan fingerprint density at radius 2 is 1.79 bits per heavy atom. The molecule has 14 heavy (non-hydrogen) atoms. The Bertz CT molecular complexity index is 369. The molecule has 4 nitrogen and oxygen atoms in total. The van der Waals surface area contributed by atoms with E-state index in [1.165, 1.54) is 6.08 Å². The minimum absolute atomic E-state index is 0.252. The van der Waals surface area contributed by atoms with Crippen molar-refractivity contribution in [1.82, 2.24) is 0 Å². The molecule has 1 N–H and O–H groups in total. The zero-order valence-corrected chi connectivity index (χ0v) is 7.71. The Labute approximate surface area is 81.6 Å². The van der Waals surface area contributed by atoms with Crippen molar-refractivity contribution < 1.29 is 9.90 Å². The number of azo groups is 1. The van der Waals surface area contributed by atoms with Crippen molar-refractivity contribution in [3.8, 4) is 5.75 Å². The normalized spacial score (nSPS) is 13.2. The molecule has 0 atom stereocenters. The second kappa shape index (κ2) is 4.91. The molecule has 72 valence electrons. The standard InChI is InChI=1S/C6H6O.C4H4N2O/c7-6-4-2-1-3-5-6;1-3-2-4(7)6-5-3/h1-5,7H;2H,1H3. The van der Waals surface area contributed by atoms with Crippen LogP contribution in [-0.4, -0.2) is 11.0 Å². The first-order valence-corrected chi connectivity index (χ1v) is 4.06. The Kier molecular flexibility index (Phi) is 3.55. The predicted molar refractivity (Wildman–Crippen MR) is 51.7 cm³/mol. The molecule has 1 aliphatic rings. The van der Waals surface area contributed by atoms with Crippen LogP contribution < -0.4 is 0 Å². The summed E-state index contributed by atoms with van der Waals surface area (Å²) < 4.78 is 0. The fraction of sp³-hybridized carbons (Fsp3) is 0.100. The van der Waals surface area contributed by atoms with Gasteiger partial charge in [0.25, 0.3) is 5.91 Å². The lowest BCUT2D eigenvalue weighted by molar-refractivity contribution is -0.113. The summed E-state index contributed by atoms with van der Waals surface area (Å²) in [6, 6.07) is 8.71. The van der Waals surface area contributed by atoms with Gasteiger partial charge in [0.15, 0.2) is 0 Å². The highest BCUT2D eigenvalue weighted by Gasteiger charge is 2.00. The molecule has 1 heterocycles. The van der Waals surface area contributed by atoms with Crippen molar-refractivity contribution in [1.29, 1.82) is 0 Å². The molecule has 0 fully saturated rings. The highest BCUT2D eigenvalue weighted by Crippen LogP contribution is 2.03. The van der Waals surface area contributed by atoms with Gasteiger partial charge in [0.05, 0.1) is 5.70 Å². The van der Waals surface area contributed by atoms with E-state index in [9.17, 15) is 4.79 Å². The summed E-state index contributed by atoms with van der Waals surface area (Å²) in [5, 5.41) is 15.3. The number of benzene rings is 1. The smallest absolute Gasteiger partial charge is 0.290 e. The average molecular weight is 190 g/mol. The number of para-hydroxylation sites is 1. The molecule has 1 amide bonds. The van der Waals surface area contributed by atoms with Gasteiger partial charge < -0.3 is 5.11 Å². The molecular formula is C10H10N2O2. The Balaban J connectivity index is 0.000000140. The van der Waals surface area contributed by atoms with E-state index >= 15 is 0 Å². The molecule has 1 aliphatic heterocycles. The highest BCUT2D eigenvalue weighted by molar-refractivity contribution is 5.90. The number of hydrogen-bond acceptors (Lipinski definition) is 3. The number of allylic oxidation sites excluding steroid dienone is 1. The maximum absolute atomic E-state index is 10.1. The average Bonchev–Trinajstić information content (AvgIpc) is 2.52. The summed E-state index contributed by atoms with van der Waals surface area (Å²) in [5.74, 6) is 0.0694. The summed E-state index contributed by atoms with van der Waals surface area (Å²) in [7, 11) is 0. The SMILES string of the molecule is CC1=CC(=O)N=N1.Oc1ccccc1.